The molecule has 3 aliphatic heterocycles. The van der Waals surface area contributed by atoms with Gasteiger partial charge in [0, 0.05) is 48.9 Å². The Hall–Kier alpha value is -2.30. The van der Waals surface area contributed by atoms with Crippen LogP contribution in [0.25, 0.3) is 10.9 Å². The first-order chi connectivity index (χ1) is 12.7. The Kier molecular flexibility index (Phi) is 3.76. The van der Waals surface area contributed by atoms with E-state index < -0.39 is 0 Å². The van der Waals surface area contributed by atoms with Crippen molar-refractivity contribution in [3.8, 4) is 0 Å². The SMILES string of the molecule is O=C(C1CCC1)N1C[C@@H]2CC[C@H](C1)N(C(=O)c1ccc3cc[nH]c3c1)C2. The van der Waals surface area contributed by atoms with E-state index in [1.165, 1.54) is 6.42 Å². The van der Waals surface area contributed by atoms with Gasteiger partial charge in [0.05, 0.1) is 0 Å². The van der Waals surface area contributed by atoms with Crippen molar-refractivity contribution in [1.29, 1.82) is 0 Å². The first kappa shape index (κ1) is 15.9. The quantitative estimate of drug-likeness (QED) is 0.904. The molecule has 3 saturated heterocycles. The van der Waals surface area contributed by atoms with E-state index in [0.29, 0.717) is 18.4 Å². The topological polar surface area (TPSA) is 56.4 Å². The number of nitrogens with one attached hydrogen (secondary N) is 1. The normalized spacial score (nSPS) is 26.0. The number of aromatic amines is 1. The van der Waals surface area contributed by atoms with Crippen molar-refractivity contribution in [2.75, 3.05) is 19.6 Å². The van der Waals surface area contributed by atoms with Crippen LogP contribution >= 0.6 is 0 Å². The Balaban J connectivity index is 1.37. The Morgan fingerprint density at radius 1 is 1.00 bits per heavy atom. The fourth-order valence-electron chi connectivity index (χ4n) is 4.77. The van der Waals surface area contributed by atoms with Crippen molar-refractivity contribution in [2.24, 2.45) is 11.8 Å². The number of rotatable bonds is 2. The zero-order chi connectivity index (χ0) is 17.7. The van der Waals surface area contributed by atoms with Crippen molar-refractivity contribution < 1.29 is 9.59 Å². The Morgan fingerprint density at radius 2 is 1.88 bits per heavy atom. The molecule has 6 rings (SSSR count). The lowest BCUT2D eigenvalue weighted by Gasteiger charge is -2.36. The maximum Gasteiger partial charge on any atom is 0.254 e. The van der Waals surface area contributed by atoms with Crippen LogP contribution in [0.15, 0.2) is 30.5 Å². The van der Waals surface area contributed by atoms with Gasteiger partial charge < -0.3 is 14.8 Å². The number of carbonyl (C=O) groups excluding carboxylic acids is 2. The molecule has 2 amide bonds. The molecule has 0 unspecified atom stereocenters. The highest BCUT2D eigenvalue weighted by atomic mass is 16.2. The van der Waals surface area contributed by atoms with Gasteiger partial charge in [0.15, 0.2) is 0 Å². The van der Waals surface area contributed by atoms with Gasteiger partial charge in [-0.15, -0.1) is 0 Å². The molecule has 1 aromatic heterocycles. The van der Waals surface area contributed by atoms with Gasteiger partial charge in [0.2, 0.25) is 5.91 Å². The van der Waals surface area contributed by atoms with E-state index >= 15 is 0 Å². The van der Waals surface area contributed by atoms with Crippen molar-refractivity contribution in [3.63, 3.8) is 0 Å². The number of piperidine rings is 1. The van der Waals surface area contributed by atoms with Crippen LogP contribution in [0.5, 0.6) is 0 Å². The van der Waals surface area contributed by atoms with Crippen LogP contribution in [0.2, 0.25) is 0 Å². The smallest absolute Gasteiger partial charge is 0.254 e. The Morgan fingerprint density at radius 3 is 2.69 bits per heavy atom. The summed E-state index contributed by atoms with van der Waals surface area (Å²) in [5.74, 6) is 1.09. The molecule has 26 heavy (non-hydrogen) atoms. The number of amides is 2. The maximum absolute atomic E-state index is 13.2. The molecule has 5 nitrogen and oxygen atoms in total. The summed E-state index contributed by atoms with van der Waals surface area (Å²) in [4.78, 5) is 33.2. The molecule has 4 heterocycles. The number of benzene rings is 1. The van der Waals surface area contributed by atoms with Crippen LogP contribution in [0.4, 0.5) is 0 Å². The van der Waals surface area contributed by atoms with Crippen LogP contribution in [-0.4, -0.2) is 52.3 Å². The van der Waals surface area contributed by atoms with Crippen LogP contribution in [-0.2, 0) is 4.79 Å². The van der Waals surface area contributed by atoms with Crippen LogP contribution < -0.4 is 0 Å². The van der Waals surface area contributed by atoms with Gasteiger partial charge in [0.1, 0.15) is 0 Å². The molecular formula is C21H25N3O2. The third-order valence-corrected chi connectivity index (χ3v) is 6.54. The van der Waals surface area contributed by atoms with Gasteiger partial charge in [-0.3, -0.25) is 9.59 Å². The second kappa shape index (κ2) is 6.15. The fourth-order valence-corrected chi connectivity index (χ4v) is 4.77. The number of fused-ring (bicyclic) bond motifs is 5. The average molecular weight is 351 g/mol. The molecule has 1 aromatic carbocycles. The predicted octanol–water partition coefficient (Wildman–Crippen LogP) is 3.03. The lowest BCUT2D eigenvalue weighted by atomic mass is 9.84. The number of hydrogen-bond acceptors (Lipinski definition) is 2. The number of nitrogens with zero attached hydrogens (tertiary/aromatic N) is 2. The summed E-state index contributed by atoms with van der Waals surface area (Å²) in [6.07, 6.45) is 7.31. The number of H-pyrrole nitrogens is 1. The summed E-state index contributed by atoms with van der Waals surface area (Å²) < 4.78 is 0. The Bertz CT molecular complexity index is 854. The van der Waals surface area contributed by atoms with Gasteiger partial charge in [-0.25, -0.2) is 0 Å². The summed E-state index contributed by atoms with van der Waals surface area (Å²) >= 11 is 0. The first-order valence-corrected chi connectivity index (χ1v) is 9.86. The first-order valence-electron chi connectivity index (χ1n) is 9.86. The lowest BCUT2D eigenvalue weighted by Crippen LogP contribution is -2.48. The molecule has 0 radical (unpaired) electrons. The van der Waals surface area contributed by atoms with Crippen LogP contribution in [0.3, 0.4) is 0 Å². The van der Waals surface area contributed by atoms with E-state index in [-0.39, 0.29) is 17.9 Å². The average Bonchev–Trinajstić information content (AvgIpc) is 2.88. The largest absolute Gasteiger partial charge is 0.361 e. The van der Waals surface area contributed by atoms with E-state index in [4.69, 9.17) is 0 Å². The molecule has 1 saturated carbocycles. The highest BCUT2D eigenvalue weighted by Gasteiger charge is 2.40. The monoisotopic (exact) mass is 351 g/mol. The van der Waals surface area contributed by atoms with Crippen LogP contribution in [0, 0.1) is 11.8 Å². The van der Waals surface area contributed by atoms with Crippen molar-refractivity contribution in [3.05, 3.63) is 36.0 Å². The standard InChI is InChI=1S/C21H25N3O2/c25-20(16-2-1-3-16)23-11-14-4-7-18(13-23)24(12-14)21(26)17-6-5-15-8-9-22-19(15)10-17/h5-6,8-10,14,16,18,22H,1-4,7,11-13H2/t14-,18+/m0/s1. The molecule has 0 spiro atoms. The van der Waals surface area contributed by atoms with Crippen molar-refractivity contribution in [2.45, 2.75) is 38.1 Å². The third-order valence-electron chi connectivity index (χ3n) is 6.54. The lowest BCUT2D eigenvalue weighted by molar-refractivity contribution is -0.138. The highest BCUT2D eigenvalue weighted by Crippen LogP contribution is 2.33. The summed E-state index contributed by atoms with van der Waals surface area (Å²) in [7, 11) is 0. The number of aromatic nitrogens is 1. The minimum absolute atomic E-state index is 0.106. The number of carbonyl (C=O) groups is 2. The molecule has 136 valence electrons. The van der Waals surface area contributed by atoms with Gasteiger partial charge in [-0.1, -0.05) is 12.5 Å². The van der Waals surface area contributed by atoms with E-state index in [0.717, 1.165) is 55.2 Å². The Labute approximate surface area is 153 Å². The zero-order valence-electron chi connectivity index (χ0n) is 15.0. The van der Waals surface area contributed by atoms with Crippen molar-refractivity contribution >= 4 is 22.7 Å². The molecular weight excluding hydrogens is 326 g/mol. The van der Waals surface area contributed by atoms with E-state index in [2.05, 4.69) is 9.88 Å². The second-order valence-electron chi connectivity index (χ2n) is 8.21. The highest BCUT2D eigenvalue weighted by molar-refractivity contribution is 5.98. The molecule has 5 heteroatoms. The zero-order valence-corrected chi connectivity index (χ0v) is 15.0. The number of hydrogen-bond donors (Lipinski definition) is 1. The second-order valence-corrected chi connectivity index (χ2v) is 8.21. The predicted molar refractivity (Wildman–Crippen MR) is 99.8 cm³/mol. The molecule has 2 bridgehead atoms. The summed E-state index contributed by atoms with van der Waals surface area (Å²) in [5, 5.41) is 1.12. The van der Waals surface area contributed by atoms with Crippen molar-refractivity contribution in [1.82, 2.24) is 14.8 Å². The molecule has 1 N–H and O–H groups in total. The van der Waals surface area contributed by atoms with Gasteiger partial charge in [-0.2, -0.15) is 0 Å². The third kappa shape index (κ3) is 2.61. The van der Waals surface area contributed by atoms with Gasteiger partial charge >= 0.3 is 0 Å². The van der Waals surface area contributed by atoms with E-state index in [1.54, 1.807) is 0 Å². The van der Waals surface area contributed by atoms with E-state index in [9.17, 15) is 9.59 Å². The molecule has 2 aromatic rings. The summed E-state index contributed by atoms with van der Waals surface area (Å²) in [5.41, 5.74) is 1.74. The van der Waals surface area contributed by atoms with Gasteiger partial charge in [0.25, 0.3) is 5.91 Å². The fraction of sp³-hybridized carbons (Fsp3) is 0.524. The van der Waals surface area contributed by atoms with Gasteiger partial charge in [-0.05, 0) is 55.2 Å². The maximum atomic E-state index is 13.2. The summed E-state index contributed by atoms with van der Waals surface area (Å²) in [6.45, 7) is 2.31. The minimum atomic E-state index is 0.106. The molecule has 1 aliphatic carbocycles. The molecule has 2 atom stereocenters. The minimum Gasteiger partial charge on any atom is -0.361 e. The van der Waals surface area contributed by atoms with E-state index in [1.807, 2.05) is 35.4 Å². The van der Waals surface area contributed by atoms with Crippen LogP contribution in [0.1, 0.15) is 42.5 Å². The summed E-state index contributed by atoms with van der Waals surface area (Å²) in [6, 6.07) is 8.05. The molecule has 4 aliphatic rings. The molecule has 4 fully saturated rings.